The molecular formula is C21H25N3O4. The number of nitrogens with zero attached hydrogens (tertiary/aromatic N) is 2. The van der Waals surface area contributed by atoms with Gasteiger partial charge in [0.25, 0.3) is 5.56 Å². The Morgan fingerprint density at radius 3 is 2.61 bits per heavy atom. The van der Waals surface area contributed by atoms with Gasteiger partial charge in [0.2, 0.25) is 5.91 Å². The number of fused-ring (bicyclic) bond motifs is 3. The molecular weight excluding hydrogens is 358 g/mol. The molecule has 0 aliphatic heterocycles. The predicted molar refractivity (Wildman–Crippen MR) is 106 cm³/mol. The second kappa shape index (κ2) is 7.30. The number of amides is 1. The first-order valence-corrected chi connectivity index (χ1v) is 9.58. The molecule has 1 N–H and O–H groups in total. The fourth-order valence-corrected chi connectivity index (χ4v) is 4.42. The summed E-state index contributed by atoms with van der Waals surface area (Å²) in [6.45, 7) is 2.34. The van der Waals surface area contributed by atoms with E-state index in [9.17, 15) is 9.59 Å². The lowest BCUT2D eigenvalue weighted by Gasteiger charge is -2.19. The predicted octanol–water partition coefficient (Wildman–Crippen LogP) is 2.05. The van der Waals surface area contributed by atoms with Crippen molar-refractivity contribution in [2.45, 2.75) is 26.3 Å². The maximum absolute atomic E-state index is 13.0. The van der Waals surface area contributed by atoms with Crippen LogP contribution in [0.5, 0.6) is 11.5 Å². The van der Waals surface area contributed by atoms with Crippen molar-refractivity contribution in [2.75, 3.05) is 20.8 Å². The van der Waals surface area contributed by atoms with Crippen molar-refractivity contribution >= 4 is 16.8 Å². The minimum absolute atomic E-state index is 0.0430. The van der Waals surface area contributed by atoms with Crippen molar-refractivity contribution in [3.63, 3.8) is 0 Å². The first-order valence-electron chi connectivity index (χ1n) is 9.58. The number of aryl methyl sites for hydroxylation is 1. The van der Waals surface area contributed by atoms with Crippen LogP contribution in [0.25, 0.3) is 10.9 Å². The first kappa shape index (κ1) is 18.5. The average Bonchev–Trinajstić information content (AvgIpc) is 3.32. The fourth-order valence-electron chi connectivity index (χ4n) is 4.42. The minimum atomic E-state index is -0.263. The van der Waals surface area contributed by atoms with Gasteiger partial charge in [0.15, 0.2) is 11.5 Å². The van der Waals surface area contributed by atoms with Gasteiger partial charge in [-0.25, -0.2) is 4.98 Å². The molecule has 2 aliphatic rings. The second-order valence-corrected chi connectivity index (χ2v) is 7.62. The van der Waals surface area contributed by atoms with Crippen LogP contribution in [-0.2, 0) is 11.3 Å². The molecule has 1 amide bonds. The zero-order chi connectivity index (χ0) is 19.8. The van der Waals surface area contributed by atoms with E-state index < -0.39 is 0 Å². The van der Waals surface area contributed by atoms with E-state index in [-0.39, 0.29) is 18.0 Å². The van der Waals surface area contributed by atoms with E-state index >= 15 is 0 Å². The van der Waals surface area contributed by atoms with E-state index in [1.807, 2.05) is 0 Å². The molecule has 1 fully saturated rings. The van der Waals surface area contributed by atoms with E-state index in [1.165, 1.54) is 25.2 Å². The number of nitrogens with one attached hydrogen (secondary N) is 1. The largest absolute Gasteiger partial charge is 0.493 e. The SMILES string of the molecule is COc1cc2nc(C)n(CC(=O)NC[C@H]3C[C@H]4C=C[C@H]3C4)c(=O)c2cc1OC. The lowest BCUT2D eigenvalue weighted by molar-refractivity contribution is -0.122. The Balaban J connectivity index is 1.53. The Morgan fingerprint density at radius 1 is 1.21 bits per heavy atom. The summed E-state index contributed by atoms with van der Waals surface area (Å²) in [4.78, 5) is 29.9. The highest BCUT2D eigenvalue weighted by Gasteiger charge is 2.35. The zero-order valence-corrected chi connectivity index (χ0v) is 16.4. The Bertz CT molecular complexity index is 1010. The van der Waals surface area contributed by atoms with Crippen molar-refractivity contribution in [3.05, 3.63) is 40.5 Å². The molecule has 3 atom stereocenters. The Hall–Kier alpha value is -2.83. The van der Waals surface area contributed by atoms with E-state index in [2.05, 4.69) is 22.5 Å². The number of carbonyl (C=O) groups excluding carboxylic acids is 1. The molecule has 1 heterocycles. The van der Waals surface area contributed by atoms with Crippen LogP contribution in [0, 0.1) is 24.7 Å². The number of ether oxygens (including phenoxy) is 2. The van der Waals surface area contributed by atoms with Gasteiger partial charge in [-0.05, 0) is 43.6 Å². The van der Waals surface area contributed by atoms with Gasteiger partial charge in [0.05, 0.1) is 25.1 Å². The highest BCUT2D eigenvalue weighted by Crippen LogP contribution is 2.42. The molecule has 2 aliphatic carbocycles. The molecule has 0 saturated heterocycles. The van der Waals surface area contributed by atoms with Gasteiger partial charge in [0.1, 0.15) is 12.4 Å². The maximum Gasteiger partial charge on any atom is 0.262 e. The van der Waals surface area contributed by atoms with Crippen molar-refractivity contribution in [1.82, 2.24) is 14.9 Å². The van der Waals surface area contributed by atoms with E-state index in [0.717, 1.165) is 6.42 Å². The topological polar surface area (TPSA) is 82.5 Å². The molecule has 0 radical (unpaired) electrons. The lowest BCUT2D eigenvalue weighted by atomic mass is 9.94. The zero-order valence-electron chi connectivity index (χ0n) is 16.4. The fraction of sp³-hybridized carbons (Fsp3) is 0.476. The second-order valence-electron chi connectivity index (χ2n) is 7.62. The summed E-state index contributed by atoms with van der Waals surface area (Å²) < 4.78 is 12.0. The van der Waals surface area contributed by atoms with Crippen LogP contribution in [0.15, 0.2) is 29.1 Å². The van der Waals surface area contributed by atoms with Crippen molar-refractivity contribution in [2.24, 2.45) is 17.8 Å². The van der Waals surface area contributed by atoms with Crippen LogP contribution in [-0.4, -0.2) is 36.2 Å². The van der Waals surface area contributed by atoms with Crippen molar-refractivity contribution < 1.29 is 14.3 Å². The van der Waals surface area contributed by atoms with Crippen molar-refractivity contribution in [3.8, 4) is 11.5 Å². The van der Waals surface area contributed by atoms with Gasteiger partial charge in [-0.3, -0.25) is 14.2 Å². The van der Waals surface area contributed by atoms with Gasteiger partial charge >= 0.3 is 0 Å². The Morgan fingerprint density at radius 2 is 1.96 bits per heavy atom. The molecule has 1 aromatic heterocycles. The van der Waals surface area contributed by atoms with E-state index in [0.29, 0.717) is 52.5 Å². The van der Waals surface area contributed by atoms with Crippen LogP contribution < -0.4 is 20.3 Å². The van der Waals surface area contributed by atoms with Crippen LogP contribution >= 0.6 is 0 Å². The van der Waals surface area contributed by atoms with E-state index in [1.54, 1.807) is 19.1 Å². The molecule has 2 aromatic rings. The molecule has 2 bridgehead atoms. The summed E-state index contributed by atoms with van der Waals surface area (Å²) >= 11 is 0. The number of aromatic nitrogens is 2. The standard InChI is InChI=1S/C21H25N3O4/c1-12-23-17-9-19(28-3)18(27-2)8-16(17)21(26)24(12)11-20(25)22-10-15-7-13-4-5-14(15)6-13/h4-5,8-9,13-15H,6-7,10-11H2,1-3H3,(H,22,25)/t13-,14-,15+/m0/s1. The Labute approximate surface area is 163 Å². The number of rotatable bonds is 6. The van der Waals surface area contributed by atoms with Crippen LogP contribution in [0.2, 0.25) is 0 Å². The highest BCUT2D eigenvalue weighted by atomic mass is 16.5. The molecule has 1 saturated carbocycles. The summed E-state index contributed by atoms with van der Waals surface area (Å²) in [6, 6.07) is 3.29. The number of hydrogen-bond acceptors (Lipinski definition) is 5. The summed E-state index contributed by atoms with van der Waals surface area (Å²) in [7, 11) is 3.05. The number of carbonyl (C=O) groups is 1. The number of benzene rings is 1. The number of allylic oxidation sites excluding steroid dienone is 2. The van der Waals surface area contributed by atoms with Gasteiger partial charge in [-0.1, -0.05) is 12.2 Å². The quantitative estimate of drug-likeness (QED) is 0.772. The summed E-state index contributed by atoms with van der Waals surface area (Å²) in [5.74, 6) is 3.05. The Kier molecular flexibility index (Phi) is 4.83. The number of hydrogen-bond donors (Lipinski definition) is 1. The van der Waals surface area contributed by atoms with Crippen LogP contribution in [0.1, 0.15) is 18.7 Å². The molecule has 148 valence electrons. The molecule has 0 unspecified atom stereocenters. The number of methoxy groups -OCH3 is 2. The molecule has 0 spiro atoms. The van der Waals surface area contributed by atoms with Crippen molar-refractivity contribution in [1.29, 1.82) is 0 Å². The highest BCUT2D eigenvalue weighted by molar-refractivity contribution is 5.82. The maximum atomic E-state index is 13.0. The third-order valence-corrected chi connectivity index (χ3v) is 5.93. The molecule has 7 nitrogen and oxygen atoms in total. The van der Waals surface area contributed by atoms with Crippen LogP contribution in [0.4, 0.5) is 0 Å². The molecule has 1 aromatic carbocycles. The summed E-state index contributed by atoms with van der Waals surface area (Å²) in [5, 5.41) is 3.39. The third-order valence-electron chi connectivity index (χ3n) is 5.93. The lowest BCUT2D eigenvalue weighted by Crippen LogP contribution is -2.37. The summed E-state index contributed by atoms with van der Waals surface area (Å²) in [5.41, 5.74) is 0.257. The van der Waals surface area contributed by atoms with Gasteiger partial charge in [-0.2, -0.15) is 0 Å². The normalized spacial score (nSPS) is 22.6. The monoisotopic (exact) mass is 383 g/mol. The minimum Gasteiger partial charge on any atom is -0.493 e. The molecule has 28 heavy (non-hydrogen) atoms. The van der Waals surface area contributed by atoms with Crippen LogP contribution in [0.3, 0.4) is 0 Å². The van der Waals surface area contributed by atoms with E-state index in [4.69, 9.17) is 9.47 Å². The van der Waals surface area contributed by atoms with Gasteiger partial charge < -0.3 is 14.8 Å². The average molecular weight is 383 g/mol. The first-order chi connectivity index (χ1) is 13.5. The van der Waals surface area contributed by atoms with Gasteiger partial charge in [-0.15, -0.1) is 0 Å². The molecule has 7 heteroatoms. The van der Waals surface area contributed by atoms with Gasteiger partial charge in [0, 0.05) is 12.6 Å². The molecule has 4 rings (SSSR count). The summed E-state index contributed by atoms with van der Waals surface area (Å²) in [6.07, 6.45) is 6.91. The smallest absolute Gasteiger partial charge is 0.262 e. The third kappa shape index (κ3) is 3.25.